The van der Waals surface area contributed by atoms with Gasteiger partial charge < -0.3 is 9.67 Å². The van der Waals surface area contributed by atoms with Gasteiger partial charge in [0.2, 0.25) is 0 Å². The van der Waals surface area contributed by atoms with Gasteiger partial charge in [-0.25, -0.2) is 0 Å². The Balaban J connectivity index is 2.10. The average Bonchev–Trinajstić information content (AvgIpc) is 2.86. The fourth-order valence-corrected chi connectivity index (χ4v) is 2.82. The van der Waals surface area contributed by atoms with Crippen LogP contribution in [0.2, 0.25) is 0 Å². The Kier molecular flexibility index (Phi) is 4.01. The molecule has 1 unspecified atom stereocenters. The fourth-order valence-electron chi connectivity index (χ4n) is 2.82. The van der Waals surface area contributed by atoms with Crippen LogP contribution in [0.1, 0.15) is 22.9 Å². The van der Waals surface area contributed by atoms with Crippen LogP contribution in [-0.4, -0.2) is 28.7 Å². The largest absolute Gasteiger partial charge is 0.382 e. The fraction of sp³-hybridized carbons (Fsp3) is 0.263. The van der Waals surface area contributed by atoms with Crippen LogP contribution in [0, 0.1) is 6.92 Å². The molecule has 1 heterocycles. The zero-order valence-corrected chi connectivity index (χ0v) is 13.3. The van der Waals surface area contributed by atoms with Crippen LogP contribution in [0.5, 0.6) is 0 Å². The quantitative estimate of drug-likeness (QED) is 0.797. The van der Waals surface area contributed by atoms with E-state index < -0.39 is 6.10 Å². The molecule has 0 radical (unpaired) electrons. The summed E-state index contributed by atoms with van der Waals surface area (Å²) in [5.41, 5.74) is 4.20. The summed E-state index contributed by atoms with van der Waals surface area (Å²) in [5, 5.41) is 12.0. The van der Waals surface area contributed by atoms with Crippen molar-refractivity contribution in [1.29, 1.82) is 0 Å². The van der Waals surface area contributed by atoms with E-state index in [0.29, 0.717) is 0 Å². The lowest BCUT2D eigenvalue weighted by molar-refractivity contribution is 0.203. The molecule has 0 aliphatic rings. The van der Waals surface area contributed by atoms with Gasteiger partial charge in [-0.05, 0) is 38.7 Å². The minimum Gasteiger partial charge on any atom is -0.382 e. The van der Waals surface area contributed by atoms with E-state index in [4.69, 9.17) is 0 Å². The van der Waals surface area contributed by atoms with Gasteiger partial charge in [-0.2, -0.15) is 0 Å². The molecular formula is C19H22N2O. The lowest BCUT2D eigenvalue weighted by Crippen LogP contribution is -2.19. The zero-order valence-electron chi connectivity index (χ0n) is 13.3. The number of hydrogen-bond acceptors (Lipinski definition) is 2. The summed E-state index contributed by atoms with van der Waals surface area (Å²) < 4.78 is 2.18. The van der Waals surface area contributed by atoms with E-state index in [0.717, 1.165) is 28.8 Å². The van der Waals surface area contributed by atoms with Crippen LogP contribution in [-0.2, 0) is 6.67 Å². The van der Waals surface area contributed by atoms with E-state index in [-0.39, 0.29) is 0 Å². The molecule has 0 aliphatic heterocycles. The average molecular weight is 294 g/mol. The second-order valence-corrected chi connectivity index (χ2v) is 6.09. The van der Waals surface area contributed by atoms with Crippen molar-refractivity contribution in [2.75, 3.05) is 14.1 Å². The predicted octanol–water partition coefficient (Wildman–Crippen LogP) is 3.55. The highest BCUT2D eigenvalue weighted by Gasteiger charge is 2.18. The molecule has 0 spiro atoms. The lowest BCUT2D eigenvalue weighted by Gasteiger charge is -2.19. The molecule has 0 saturated carbocycles. The third kappa shape index (κ3) is 2.78. The van der Waals surface area contributed by atoms with Crippen molar-refractivity contribution >= 4 is 10.9 Å². The van der Waals surface area contributed by atoms with Gasteiger partial charge in [0.25, 0.3) is 0 Å². The van der Waals surface area contributed by atoms with Gasteiger partial charge >= 0.3 is 0 Å². The molecule has 1 N–H and O–H groups in total. The molecule has 1 aromatic heterocycles. The number of benzene rings is 2. The summed E-state index contributed by atoms with van der Waals surface area (Å²) in [6.45, 7) is 2.80. The van der Waals surface area contributed by atoms with Crippen molar-refractivity contribution in [1.82, 2.24) is 9.47 Å². The summed E-state index contributed by atoms with van der Waals surface area (Å²) in [6, 6.07) is 18.4. The van der Waals surface area contributed by atoms with Gasteiger partial charge in [0, 0.05) is 10.9 Å². The Hall–Kier alpha value is -2.10. The first-order valence-electron chi connectivity index (χ1n) is 7.54. The first-order valence-corrected chi connectivity index (χ1v) is 7.54. The number of aryl methyl sites for hydroxylation is 1. The summed E-state index contributed by atoms with van der Waals surface area (Å²) >= 11 is 0. The Bertz CT molecular complexity index is 772. The minimum atomic E-state index is -0.618. The molecule has 2 aromatic carbocycles. The van der Waals surface area contributed by atoms with Crippen LogP contribution >= 0.6 is 0 Å². The first kappa shape index (κ1) is 14.8. The summed E-state index contributed by atoms with van der Waals surface area (Å²) in [6.07, 6.45) is -0.618. The molecule has 1 atom stereocenters. The third-order valence-corrected chi connectivity index (χ3v) is 3.94. The first-order chi connectivity index (χ1) is 10.6. The molecular weight excluding hydrogens is 272 g/mol. The maximum atomic E-state index is 10.8. The maximum Gasteiger partial charge on any atom is 0.119 e. The third-order valence-electron chi connectivity index (χ3n) is 3.94. The van der Waals surface area contributed by atoms with Gasteiger partial charge in [0.05, 0.1) is 12.4 Å². The second kappa shape index (κ2) is 5.95. The van der Waals surface area contributed by atoms with Gasteiger partial charge in [-0.15, -0.1) is 0 Å². The van der Waals surface area contributed by atoms with Gasteiger partial charge in [-0.3, -0.25) is 4.90 Å². The molecule has 0 bridgehead atoms. The summed E-state index contributed by atoms with van der Waals surface area (Å²) in [7, 11) is 4.08. The van der Waals surface area contributed by atoms with E-state index in [9.17, 15) is 5.11 Å². The molecule has 114 valence electrons. The van der Waals surface area contributed by atoms with Crippen molar-refractivity contribution in [2.24, 2.45) is 0 Å². The molecule has 0 amide bonds. The smallest absolute Gasteiger partial charge is 0.119 e. The van der Waals surface area contributed by atoms with Crippen molar-refractivity contribution in [3.8, 4) is 0 Å². The number of aliphatic hydroxyl groups is 1. The Labute approximate surface area is 131 Å². The highest BCUT2D eigenvalue weighted by molar-refractivity contribution is 5.81. The second-order valence-electron chi connectivity index (χ2n) is 6.09. The van der Waals surface area contributed by atoms with E-state index in [1.165, 1.54) is 5.56 Å². The molecule has 3 rings (SSSR count). The van der Waals surface area contributed by atoms with Gasteiger partial charge in [0.15, 0.2) is 0 Å². The Morgan fingerprint density at radius 1 is 1.05 bits per heavy atom. The van der Waals surface area contributed by atoms with E-state index in [1.807, 2.05) is 50.5 Å². The standard InChI is InChI=1S/C19H22N2O/c1-14-8-10-15(11-9-14)19(22)18-12-16-6-4-5-7-17(16)21(18)13-20(2)3/h4-12,19,22H,13H2,1-3H3. The van der Waals surface area contributed by atoms with Crippen molar-refractivity contribution in [3.05, 3.63) is 71.4 Å². The molecule has 3 aromatic rings. The highest BCUT2D eigenvalue weighted by Crippen LogP contribution is 2.29. The maximum absolute atomic E-state index is 10.8. The number of rotatable bonds is 4. The Morgan fingerprint density at radius 2 is 1.73 bits per heavy atom. The molecule has 22 heavy (non-hydrogen) atoms. The number of hydrogen-bond donors (Lipinski definition) is 1. The van der Waals surface area contributed by atoms with Crippen molar-refractivity contribution in [3.63, 3.8) is 0 Å². The monoisotopic (exact) mass is 294 g/mol. The lowest BCUT2D eigenvalue weighted by atomic mass is 10.0. The van der Waals surface area contributed by atoms with Crippen molar-refractivity contribution < 1.29 is 5.11 Å². The Morgan fingerprint density at radius 3 is 2.41 bits per heavy atom. The summed E-state index contributed by atoms with van der Waals surface area (Å²) in [4.78, 5) is 2.11. The number of fused-ring (bicyclic) bond motifs is 1. The van der Waals surface area contributed by atoms with E-state index in [2.05, 4.69) is 34.6 Å². The number of para-hydroxylation sites is 1. The van der Waals surface area contributed by atoms with E-state index in [1.54, 1.807) is 0 Å². The number of nitrogens with zero attached hydrogens (tertiary/aromatic N) is 2. The molecule has 0 saturated heterocycles. The van der Waals surface area contributed by atoms with Crippen LogP contribution in [0.3, 0.4) is 0 Å². The normalized spacial score (nSPS) is 13.0. The number of aromatic nitrogens is 1. The predicted molar refractivity (Wildman–Crippen MR) is 90.9 cm³/mol. The zero-order chi connectivity index (χ0) is 15.7. The molecule has 3 heteroatoms. The van der Waals surface area contributed by atoms with Crippen LogP contribution < -0.4 is 0 Å². The molecule has 0 fully saturated rings. The van der Waals surface area contributed by atoms with Crippen LogP contribution in [0.4, 0.5) is 0 Å². The van der Waals surface area contributed by atoms with Gasteiger partial charge in [-0.1, -0.05) is 48.0 Å². The number of aliphatic hydroxyl groups excluding tert-OH is 1. The summed E-state index contributed by atoms with van der Waals surface area (Å²) in [5.74, 6) is 0. The van der Waals surface area contributed by atoms with Crippen LogP contribution in [0.25, 0.3) is 10.9 Å². The SMILES string of the molecule is Cc1ccc(C(O)c2cc3ccccc3n2CN(C)C)cc1. The van der Waals surface area contributed by atoms with Gasteiger partial charge in [0.1, 0.15) is 6.10 Å². The minimum absolute atomic E-state index is 0.618. The molecule has 0 aliphatic carbocycles. The highest BCUT2D eigenvalue weighted by atomic mass is 16.3. The molecule has 3 nitrogen and oxygen atoms in total. The topological polar surface area (TPSA) is 28.4 Å². The van der Waals surface area contributed by atoms with E-state index >= 15 is 0 Å². The van der Waals surface area contributed by atoms with Crippen LogP contribution in [0.15, 0.2) is 54.6 Å². The van der Waals surface area contributed by atoms with Crippen molar-refractivity contribution in [2.45, 2.75) is 19.7 Å².